The summed E-state index contributed by atoms with van der Waals surface area (Å²) in [7, 11) is 0. The van der Waals surface area contributed by atoms with Crippen LogP contribution >= 0.6 is 0 Å². The van der Waals surface area contributed by atoms with Crippen LogP contribution in [0.1, 0.15) is 18.4 Å². The highest BCUT2D eigenvalue weighted by atomic mass is 16.2. The van der Waals surface area contributed by atoms with Crippen molar-refractivity contribution in [1.29, 1.82) is 0 Å². The molecule has 1 aromatic rings. The van der Waals surface area contributed by atoms with E-state index in [2.05, 4.69) is 22.0 Å². The van der Waals surface area contributed by atoms with Crippen LogP contribution in [0.5, 0.6) is 0 Å². The van der Waals surface area contributed by atoms with Crippen molar-refractivity contribution in [3.8, 4) is 0 Å². The zero-order chi connectivity index (χ0) is 13.2. The van der Waals surface area contributed by atoms with E-state index in [-0.39, 0.29) is 24.2 Å². The van der Waals surface area contributed by atoms with Gasteiger partial charge in [-0.3, -0.25) is 9.59 Å². The van der Waals surface area contributed by atoms with Gasteiger partial charge in [-0.1, -0.05) is 6.07 Å². The van der Waals surface area contributed by atoms with Crippen molar-refractivity contribution in [2.45, 2.75) is 19.3 Å². The van der Waals surface area contributed by atoms with Crippen molar-refractivity contribution in [3.05, 3.63) is 23.8 Å². The molecule has 0 bridgehead atoms. The summed E-state index contributed by atoms with van der Waals surface area (Å²) in [6, 6.07) is 5.94. The van der Waals surface area contributed by atoms with Crippen LogP contribution in [-0.4, -0.2) is 24.9 Å². The first kappa shape index (κ1) is 12.0. The topological polar surface area (TPSA) is 70.2 Å². The molecule has 1 atom stereocenters. The molecule has 2 heterocycles. The molecule has 19 heavy (non-hydrogen) atoms. The van der Waals surface area contributed by atoms with E-state index in [4.69, 9.17) is 0 Å². The molecule has 5 heteroatoms. The largest absolute Gasteiger partial charge is 0.385 e. The van der Waals surface area contributed by atoms with Gasteiger partial charge in [0.15, 0.2) is 0 Å². The molecule has 100 valence electrons. The summed E-state index contributed by atoms with van der Waals surface area (Å²) in [4.78, 5) is 23.1. The number of hydrogen-bond donors (Lipinski definition) is 3. The molecule has 1 unspecified atom stereocenters. The molecule has 2 amide bonds. The molecular formula is C14H17N3O2. The lowest BCUT2D eigenvalue weighted by Gasteiger charge is -2.19. The number of fused-ring (bicyclic) bond motifs is 1. The highest BCUT2D eigenvalue weighted by Gasteiger charge is 2.27. The van der Waals surface area contributed by atoms with Crippen molar-refractivity contribution in [2.24, 2.45) is 5.92 Å². The van der Waals surface area contributed by atoms with E-state index in [1.807, 2.05) is 12.1 Å². The van der Waals surface area contributed by atoms with E-state index in [9.17, 15) is 9.59 Å². The number of nitrogens with one attached hydrogen (secondary N) is 3. The van der Waals surface area contributed by atoms with Gasteiger partial charge in [-0.15, -0.1) is 0 Å². The van der Waals surface area contributed by atoms with E-state index in [1.165, 1.54) is 5.56 Å². The van der Waals surface area contributed by atoms with E-state index in [1.54, 1.807) is 0 Å². The number of hydrogen-bond acceptors (Lipinski definition) is 3. The van der Waals surface area contributed by atoms with Gasteiger partial charge in [0.05, 0.1) is 5.92 Å². The summed E-state index contributed by atoms with van der Waals surface area (Å²) in [6.45, 7) is 1.42. The summed E-state index contributed by atoms with van der Waals surface area (Å²) in [5, 5.41) is 8.89. The van der Waals surface area contributed by atoms with Crippen LogP contribution in [0.4, 0.5) is 11.4 Å². The van der Waals surface area contributed by atoms with Crippen LogP contribution in [0.3, 0.4) is 0 Å². The van der Waals surface area contributed by atoms with Crippen molar-refractivity contribution in [2.75, 3.05) is 23.7 Å². The molecule has 2 aliphatic rings. The number of aryl methyl sites for hydroxylation is 1. The first-order valence-electron chi connectivity index (χ1n) is 6.67. The van der Waals surface area contributed by atoms with Crippen LogP contribution in [-0.2, 0) is 16.0 Å². The highest BCUT2D eigenvalue weighted by Crippen LogP contribution is 2.25. The zero-order valence-electron chi connectivity index (χ0n) is 10.7. The van der Waals surface area contributed by atoms with Gasteiger partial charge in [0.25, 0.3) is 0 Å². The Morgan fingerprint density at radius 2 is 2.21 bits per heavy atom. The van der Waals surface area contributed by atoms with Gasteiger partial charge in [0, 0.05) is 30.9 Å². The van der Waals surface area contributed by atoms with Gasteiger partial charge in [-0.2, -0.15) is 0 Å². The maximum atomic E-state index is 12.0. The molecule has 0 aliphatic carbocycles. The third-order valence-electron chi connectivity index (χ3n) is 3.66. The number of rotatable bonds is 2. The molecule has 3 N–H and O–H groups in total. The van der Waals surface area contributed by atoms with Gasteiger partial charge in [-0.05, 0) is 30.5 Å². The Morgan fingerprint density at radius 3 is 3.00 bits per heavy atom. The molecule has 1 saturated heterocycles. The predicted octanol–water partition coefficient (Wildman–Crippen LogP) is 1.12. The molecule has 1 fully saturated rings. The van der Waals surface area contributed by atoms with Crippen molar-refractivity contribution in [1.82, 2.24) is 5.32 Å². The first-order valence-corrected chi connectivity index (χ1v) is 6.67. The van der Waals surface area contributed by atoms with Gasteiger partial charge in [0.1, 0.15) is 0 Å². The summed E-state index contributed by atoms with van der Waals surface area (Å²) in [6.07, 6.45) is 2.52. The predicted molar refractivity (Wildman–Crippen MR) is 73.0 cm³/mol. The van der Waals surface area contributed by atoms with Crippen molar-refractivity contribution >= 4 is 23.2 Å². The molecule has 3 rings (SSSR count). The van der Waals surface area contributed by atoms with E-state index in [0.29, 0.717) is 6.54 Å². The molecule has 0 aromatic heterocycles. The Morgan fingerprint density at radius 1 is 1.32 bits per heavy atom. The second-order valence-electron chi connectivity index (χ2n) is 5.10. The van der Waals surface area contributed by atoms with Gasteiger partial charge in [0.2, 0.25) is 11.8 Å². The Hall–Kier alpha value is -2.04. The minimum Gasteiger partial charge on any atom is -0.385 e. The third-order valence-corrected chi connectivity index (χ3v) is 3.66. The quantitative estimate of drug-likeness (QED) is 0.745. The summed E-state index contributed by atoms with van der Waals surface area (Å²) in [5.41, 5.74) is 3.18. The third kappa shape index (κ3) is 2.54. The molecule has 0 spiro atoms. The summed E-state index contributed by atoms with van der Waals surface area (Å²) >= 11 is 0. The van der Waals surface area contributed by atoms with Crippen LogP contribution < -0.4 is 16.0 Å². The van der Waals surface area contributed by atoms with Crippen LogP contribution in [0.25, 0.3) is 0 Å². The van der Waals surface area contributed by atoms with Crippen LogP contribution in [0, 0.1) is 5.92 Å². The van der Waals surface area contributed by atoms with Crippen molar-refractivity contribution < 1.29 is 9.59 Å². The zero-order valence-corrected chi connectivity index (χ0v) is 10.7. The lowest BCUT2D eigenvalue weighted by Crippen LogP contribution is -2.24. The Labute approximate surface area is 111 Å². The maximum absolute atomic E-state index is 12.0. The van der Waals surface area contributed by atoms with E-state index >= 15 is 0 Å². The fourth-order valence-corrected chi connectivity index (χ4v) is 2.57. The second-order valence-corrected chi connectivity index (χ2v) is 5.10. The molecular weight excluding hydrogens is 242 g/mol. The van der Waals surface area contributed by atoms with E-state index < -0.39 is 0 Å². The molecule has 5 nitrogen and oxygen atoms in total. The smallest absolute Gasteiger partial charge is 0.229 e. The Kier molecular flexibility index (Phi) is 3.11. The monoisotopic (exact) mass is 259 g/mol. The minimum atomic E-state index is -0.253. The highest BCUT2D eigenvalue weighted by molar-refractivity contribution is 5.97. The first-order chi connectivity index (χ1) is 9.22. The molecule has 0 saturated carbocycles. The van der Waals surface area contributed by atoms with Crippen LogP contribution in [0.15, 0.2) is 18.2 Å². The number of amides is 2. The lowest BCUT2D eigenvalue weighted by atomic mass is 10.0. The standard InChI is InChI=1S/C14H17N3O2/c18-13-6-10(8-16-13)14(19)17-11-4-3-9-2-1-5-15-12(9)7-11/h3-4,7,10,15H,1-2,5-6,8H2,(H,16,18)(H,17,19). The molecule has 2 aliphatic heterocycles. The lowest BCUT2D eigenvalue weighted by molar-refractivity contribution is -0.123. The second kappa shape index (κ2) is 4.91. The minimum absolute atomic E-state index is 0.0488. The normalized spacial score (nSPS) is 21.3. The fraction of sp³-hybridized carbons (Fsp3) is 0.429. The summed E-state index contributed by atoms with van der Waals surface area (Å²) < 4.78 is 0. The average molecular weight is 259 g/mol. The van der Waals surface area contributed by atoms with E-state index in [0.717, 1.165) is 30.8 Å². The van der Waals surface area contributed by atoms with Gasteiger partial charge < -0.3 is 16.0 Å². The number of carbonyl (C=O) groups excluding carboxylic acids is 2. The number of benzene rings is 1. The Balaban J connectivity index is 1.69. The SMILES string of the molecule is O=C1CC(C(=O)Nc2ccc3c(c2)NCCC3)CN1. The van der Waals surface area contributed by atoms with Crippen molar-refractivity contribution in [3.63, 3.8) is 0 Å². The van der Waals surface area contributed by atoms with Crippen LogP contribution in [0.2, 0.25) is 0 Å². The Bertz CT molecular complexity index is 527. The van der Waals surface area contributed by atoms with Gasteiger partial charge in [-0.25, -0.2) is 0 Å². The van der Waals surface area contributed by atoms with Gasteiger partial charge >= 0.3 is 0 Å². The fourth-order valence-electron chi connectivity index (χ4n) is 2.57. The number of carbonyl (C=O) groups is 2. The molecule has 0 radical (unpaired) electrons. The summed E-state index contributed by atoms with van der Waals surface area (Å²) in [5.74, 6) is -0.391. The average Bonchev–Trinajstić information content (AvgIpc) is 2.85. The molecule has 1 aromatic carbocycles. The maximum Gasteiger partial charge on any atom is 0.229 e. The number of anilines is 2.